The molecule has 2 aromatic rings. The van der Waals surface area contributed by atoms with Gasteiger partial charge in [0.2, 0.25) is 0 Å². The topological polar surface area (TPSA) is 41.6 Å². The van der Waals surface area contributed by atoms with Crippen LogP contribution in [-0.4, -0.2) is 27.4 Å². The number of nitrogens with zero attached hydrogens (tertiary/aromatic N) is 3. The van der Waals surface area contributed by atoms with Crippen molar-refractivity contribution in [2.75, 3.05) is 17.9 Å². The maximum Gasteiger partial charge on any atom is 0.111 e. The highest BCUT2D eigenvalue weighted by Crippen LogP contribution is 2.19. The lowest BCUT2D eigenvalue weighted by molar-refractivity contribution is 0.665. The van der Waals surface area contributed by atoms with Crippen molar-refractivity contribution in [3.8, 4) is 6.07 Å². The number of halogens is 1. The molecule has 1 heterocycles. The van der Waals surface area contributed by atoms with Crippen LogP contribution < -0.4 is 0 Å². The molecular formula is C14H16ClN3S. The van der Waals surface area contributed by atoms with Crippen molar-refractivity contribution in [1.29, 1.82) is 5.26 Å². The molecular weight excluding hydrogens is 278 g/mol. The summed E-state index contributed by atoms with van der Waals surface area (Å²) >= 11 is 7.69. The van der Waals surface area contributed by atoms with Crippen molar-refractivity contribution in [2.45, 2.75) is 19.4 Å². The zero-order valence-electron chi connectivity index (χ0n) is 10.9. The fourth-order valence-electron chi connectivity index (χ4n) is 2.13. The SMILES string of the molecule is CSCCCn1c(CCCl)nc2ccc(C#N)cc21. The molecule has 0 radical (unpaired) electrons. The Morgan fingerprint density at radius 2 is 2.32 bits per heavy atom. The van der Waals surface area contributed by atoms with Crippen molar-refractivity contribution in [3.63, 3.8) is 0 Å². The van der Waals surface area contributed by atoms with E-state index in [2.05, 4.69) is 21.9 Å². The molecule has 0 atom stereocenters. The molecule has 0 unspecified atom stereocenters. The van der Waals surface area contributed by atoms with E-state index in [1.54, 1.807) is 0 Å². The summed E-state index contributed by atoms with van der Waals surface area (Å²) in [5.41, 5.74) is 2.67. The van der Waals surface area contributed by atoms with Gasteiger partial charge >= 0.3 is 0 Å². The lowest BCUT2D eigenvalue weighted by Gasteiger charge is -2.07. The van der Waals surface area contributed by atoms with Crippen LogP contribution in [0.25, 0.3) is 11.0 Å². The second-order valence-corrected chi connectivity index (χ2v) is 5.64. The summed E-state index contributed by atoms with van der Waals surface area (Å²) in [7, 11) is 0. The van der Waals surface area contributed by atoms with Crippen molar-refractivity contribution in [3.05, 3.63) is 29.6 Å². The number of hydrogen-bond donors (Lipinski definition) is 0. The zero-order chi connectivity index (χ0) is 13.7. The Hall–Kier alpha value is -1.18. The van der Waals surface area contributed by atoms with E-state index in [0.29, 0.717) is 11.4 Å². The highest BCUT2D eigenvalue weighted by Gasteiger charge is 2.10. The van der Waals surface area contributed by atoms with Crippen LogP contribution in [0.2, 0.25) is 0 Å². The highest BCUT2D eigenvalue weighted by atomic mass is 35.5. The van der Waals surface area contributed by atoms with Gasteiger partial charge in [-0.25, -0.2) is 4.98 Å². The first kappa shape index (κ1) is 14.2. The Bertz CT molecular complexity index is 600. The maximum atomic E-state index is 9.01. The van der Waals surface area contributed by atoms with Gasteiger partial charge in [-0.3, -0.25) is 0 Å². The summed E-state index contributed by atoms with van der Waals surface area (Å²) < 4.78 is 2.20. The summed E-state index contributed by atoms with van der Waals surface area (Å²) in [6, 6.07) is 7.82. The number of rotatable bonds is 6. The molecule has 0 spiro atoms. The van der Waals surface area contributed by atoms with Crippen molar-refractivity contribution >= 4 is 34.4 Å². The molecule has 0 saturated heterocycles. The lowest BCUT2D eigenvalue weighted by Crippen LogP contribution is -2.05. The summed E-state index contributed by atoms with van der Waals surface area (Å²) in [6.07, 6.45) is 3.97. The van der Waals surface area contributed by atoms with Crippen LogP contribution in [0.15, 0.2) is 18.2 Å². The first-order chi connectivity index (χ1) is 9.30. The molecule has 0 aliphatic rings. The van der Waals surface area contributed by atoms with E-state index in [9.17, 15) is 0 Å². The first-order valence-corrected chi connectivity index (χ1v) is 8.17. The number of fused-ring (bicyclic) bond motifs is 1. The van der Waals surface area contributed by atoms with E-state index in [1.165, 1.54) is 0 Å². The van der Waals surface area contributed by atoms with E-state index < -0.39 is 0 Å². The van der Waals surface area contributed by atoms with Crippen molar-refractivity contribution < 1.29 is 0 Å². The lowest BCUT2D eigenvalue weighted by atomic mass is 10.2. The van der Waals surface area contributed by atoms with Gasteiger partial charge in [0.25, 0.3) is 0 Å². The van der Waals surface area contributed by atoms with Crippen LogP contribution in [0.1, 0.15) is 17.8 Å². The predicted molar refractivity (Wildman–Crippen MR) is 81.9 cm³/mol. The predicted octanol–water partition coefficient (Wildman–Crippen LogP) is 3.44. The third kappa shape index (κ3) is 3.23. The van der Waals surface area contributed by atoms with E-state index in [0.717, 1.165) is 42.0 Å². The van der Waals surface area contributed by atoms with Gasteiger partial charge in [-0.05, 0) is 36.6 Å². The molecule has 3 nitrogen and oxygen atoms in total. The Balaban J connectivity index is 2.41. The Labute approximate surface area is 122 Å². The average molecular weight is 294 g/mol. The Kier molecular flexibility index (Phi) is 5.12. The summed E-state index contributed by atoms with van der Waals surface area (Å²) in [6.45, 7) is 0.929. The minimum absolute atomic E-state index is 0.566. The van der Waals surface area contributed by atoms with Crippen LogP contribution in [0.3, 0.4) is 0 Å². The molecule has 1 aromatic carbocycles. The number of nitriles is 1. The highest BCUT2D eigenvalue weighted by molar-refractivity contribution is 7.98. The van der Waals surface area contributed by atoms with Crippen LogP contribution in [0.5, 0.6) is 0 Å². The van der Waals surface area contributed by atoms with Gasteiger partial charge in [0.15, 0.2) is 0 Å². The normalized spacial score (nSPS) is 10.8. The van der Waals surface area contributed by atoms with Crippen molar-refractivity contribution in [1.82, 2.24) is 9.55 Å². The molecule has 0 aliphatic carbocycles. The second kappa shape index (κ2) is 6.83. The quantitative estimate of drug-likeness (QED) is 0.605. The number of imidazole rings is 1. The van der Waals surface area contributed by atoms with Gasteiger partial charge in [-0.1, -0.05) is 0 Å². The maximum absolute atomic E-state index is 9.01. The zero-order valence-corrected chi connectivity index (χ0v) is 12.5. The number of aryl methyl sites for hydroxylation is 2. The van der Waals surface area contributed by atoms with Gasteiger partial charge in [-0.15, -0.1) is 11.6 Å². The van der Waals surface area contributed by atoms with Crippen LogP contribution >= 0.6 is 23.4 Å². The Morgan fingerprint density at radius 1 is 1.47 bits per heavy atom. The fourth-order valence-corrected chi connectivity index (χ4v) is 2.72. The largest absolute Gasteiger partial charge is 0.328 e. The third-order valence-corrected chi connectivity index (χ3v) is 3.89. The molecule has 19 heavy (non-hydrogen) atoms. The minimum Gasteiger partial charge on any atom is -0.328 e. The number of thioether (sulfide) groups is 1. The third-order valence-electron chi connectivity index (χ3n) is 3.00. The molecule has 0 N–H and O–H groups in total. The molecule has 0 saturated carbocycles. The number of alkyl halides is 1. The van der Waals surface area contributed by atoms with E-state index in [-0.39, 0.29) is 0 Å². The summed E-state index contributed by atoms with van der Waals surface area (Å²) in [5, 5.41) is 9.01. The van der Waals surface area contributed by atoms with Crippen molar-refractivity contribution in [2.24, 2.45) is 0 Å². The molecule has 100 valence electrons. The van der Waals surface area contributed by atoms with Crippen LogP contribution in [-0.2, 0) is 13.0 Å². The summed E-state index contributed by atoms with van der Waals surface area (Å²) in [5.74, 6) is 2.70. The minimum atomic E-state index is 0.566. The average Bonchev–Trinajstić information content (AvgIpc) is 2.77. The molecule has 0 amide bonds. The molecule has 0 bridgehead atoms. The Morgan fingerprint density at radius 3 is 3.00 bits per heavy atom. The number of aromatic nitrogens is 2. The van der Waals surface area contributed by atoms with Gasteiger partial charge < -0.3 is 4.57 Å². The fraction of sp³-hybridized carbons (Fsp3) is 0.429. The number of benzene rings is 1. The standard InChI is InChI=1S/C14H16ClN3S/c1-19-8-2-7-18-13-9-11(10-16)3-4-12(13)17-14(18)5-6-15/h3-4,9H,2,5-8H2,1H3. The smallest absolute Gasteiger partial charge is 0.111 e. The van der Waals surface area contributed by atoms with Gasteiger partial charge in [0.1, 0.15) is 5.82 Å². The molecule has 2 rings (SSSR count). The van der Waals surface area contributed by atoms with Crippen LogP contribution in [0.4, 0.5) is 0 Å². The van der Waals surface area contributed by atoms with Gasteiger partial charge in [-0.2, -0.15) is 17.0 Å². The van der Waals surface area contributed by atoms with E-state index in [1.807, 2.05) is 30.0 Å². The molecule has 5 heteroatoms. The summed E-state index contributed by atoms with van der Waals surface area (Å²) in [4.78, 5) is 4.62. The van der Waals surface area contributed by atoms with Gasteiger partial charge in [0.05, 0.1) is 22.7 Å². The first-order valence-electron chi connectivity index (χ1n) is 6.24. The van der Waals surface area contributed by atoms with E-state index >= 15 is 0 Å². The second-order valence-electron chi connectivity index (χ2n) is 4.28. The number of hydrogen-bond acceptors (Lipinski definition) is 3. The molecule has 0 fully saturated rings. The molecule has 1 aromatic heterocycles. The van der Waals surface area contributed by atoms with Crippen LogP contribution in [0, 0.1) is 11.3 Å². The van der Waals surface area contributed by atoms with E-state index in [4.69, 9.17) is 16.9 Å². The van der Waals surface area contributed by atoms with Gasteiger partial charge in [0, 0.05) is 18.8 Å². The monoisotopic (exact) mass is 293 g/mol. The molecule has 0 aliphatic heterocycles.